The molecule has 0 spiro atoms. The summed E-state index contributed by atoms with van der Waals surface area (Å²) < 4.78 is 12.7. The molecule has 176 valence electrons. The van der Waals surface area contributed by atoms with E-state index in [1.54, 1.807) is 14.2 Å². The van der Waals surface area contributed by atoms with E-state index in [1.807, 2.05) is 54.6 Å². The molecule has 0 saturated heterocycles. The average Bonchev–Trinajstić information content (AvgIpc) is 3.72. The molecule has 1 heterocycles. The largest absolute Gasteiger partial charge is 0.496 e. The van der Waals surface area contributed by atoms with Crippen molar-refractivity contribution in [1.29, 1.82) is 5.26 Å². The molecule has 5 rings (SSSR count). The van der Waals surface area contributed by atoms with Crippen molar-refractivity contribution < 1.29 is 9.47 Å². The van der Waals surface area contributed by atoms with E-state index in [-0.39, 0.29) is 0 Å². The lowest BCUT2D eigenvalue weighted by Gasteiger charge is -2.18. The van der Waals surface area contributed by atoms with E-state index in [9.17, 15) is 5.26 Å². The molecule has 4 aromatic rings. The minimum absolute atomic E-state index is 0.313. The van der Waals surface area contributed by atoms with Gasteiger partial charge in [0.1, 0.15) is 17.6 Å². The van der Waals surface area contributed by atoms with Gasteiger partial charge in [-0.1, -0.05) is 47.0 Å². The number of benzene rings is 3. The van der Waals surface area contributed by atoms with Crippen LogP contribution in [0.25, 0.3) is 33.2 Å². The SMILES string of the molecule is COc1ccc(-c2ccc(Br)cc2)c(OC)c1-c1ccc2c(NCCC3CC3)c(C#N)nnc2c1. The number of ether oxygens (including phenoxy) is 2. The molecule has 0 bridgehead atoms. The number of fused-ring (bicyclic) bond motifs is 1. The number of hydrogen-bond donors (Lipinski definition) is 1. The molecule has 3 aromatic carbocycles. The maximum absolute atomic E-state index is 9.60. The maximum Gasteiger partial charge on any atom is 0.186 e. The summed E-state index contributed by atoms with van der Waals surface area (Å²) in [6.07, 6.45) is 3.70. The summed E-state index contributed by atoms with van der Waals surface area (Å²) >= 11 is 3.50. The maximum atomic E-state index is 9.60. The van der Waals surface area contributed by atoms with Gasteiger partial charge >= 0.3 is 0 Å². The van der Waals surface area contributed by atoms with Gasteiger partial charge in [0.05, 0.1) is 31.0 Å². The molecule has 1 aliphatic rings. The van der Waals surface area contributed by atoms with Crippen LogP contribution in [0.3, 0.4) is 0 Å². The van der Waals surface area contributed by atoms with Crippen LogP contribution < -0.4 is 14.8 Å². The Kier molecular flexibility index (Phi) is 6.56. The molecule has 0 amide bonds. The third-order valence-corrected chi connectivity index (χ3v) is 6.93. The molecule has 35 heavy (non-hydrogen) atoms. The van der Waals surface area contributed by atoms with Gasteiger partial charge < -0.3 is 14.8 Å². The zero-order valence-electron chi connectivity index (χ0n) is 19.6. The van der Waals surface area contributed by atoms with E-state index in [0.29, 0.717) is 17.0 Å². The highest BCUT2D eigenvalue weighted by Crippen LogP contribution is 2.45. The van der Waals surface area contributed by atoms with Crippen molar-refractivity contribution in [2.75, 3.05) is 26.1 Å². The third-order valence-electron chi connectivity index (χ3n) is 6.41. The number of nitriles is 1. The lowest BCUT2D eigenvalue weighted by molar-refractivity contribution is 0.398. The standard InChI is InChI=1S/C28H25BrN4O2/c1-34-25-12-11-21(18-5-8-20(29)9-6-18)28(35-2)26(25)19-7-10-22-23(15-19)32-33-24(16-30)27(22)31-14-13-17-3-4-17/h5-12,15,17H,3-4,13-14H2,1-2H3,(H,31,32). The summed E-state index contributed by atoms with van der Waals surface area (Å²) in [5, 5.41) is 22.5. The number of aromatic nitrogens is 2. The fourth-order valence-electron chi connectivity index (χ4n) is 4.40. The minimum Gasteiger partial charge on any atom is -0.496 e. The Morgan fingerprint density at radius 2 is 1.77 bits per heavy atom. The van der Waals surface area contributed by atoms with E-state index >= 15 is 0 Å². The number of halogens is 1. The Bertz CT molecular complexity index is 1430. The zero-order valence-corrected chi connectivity index (χ0v) is 21.2. The summed E-state index contributed by atoms with van der Waals surface area (Å²) in [6, 6.07) is 20.2. The van der Waals surface area contributed by atoms with Crippen LogP contribution in [0.1, 0.15) is 25.0 Å². The first-order chi connectivity index (χ1) is 17.1. The highest BCUT2D eigenvalue weighted by Gasteiger charge is 2.22. The Morgan fingerprint density at radius 1 is 1.00 bits per heavy atom. The minimum atomic E-state index is 0.313. The molecule has 1 aliphatic carbocycles. The number of methoxy groups -OCH3 is 2. The lowest BCUT2D eigenvalue weighted by atomic mass is 9.95. The summed E-state index contributed by atoms with van der Waals surface area (Å²) in [5.74, 6) is 2.22. The highest BCUT2D eigenvalue weighted by atomic mass is 79.9. The summed E-state index contributed by atoms with van der Waals surface area (Å²) in [6.45, 7) is 0.818. The van der Waals surface area contributed by atoms with Crippen molar-refractivity contribution in [3.8, 4) is 39.8 Å². The normalized spacial score (nSPS) is 12.9. The molecule has 1 N–H and O–H groups in total. The monoisotopic (exact) mass is 528 g/mol. The summed E-state index contributed by atoms with van der Waals surface area (Å²) in [4.78, 5) is 0. The molecular weight excluding hydrogens is 504 g/mol. The molecule has 0 atom stereocenters. The first-order valence-corrected chi connectivity index (χ1v) is 12.4. The van der Waals surface area contributed by atoms with Crippen LogP contribution in [0.4, 0.5) is 5.69 Å². The molecule has 6 nitrogen and oxygen atoms in total. The van der Waals surface area contributed by atoms with Crippen molar-refractivity contribution in [2.45, 2.75) is 19.3 Å². The second kappa shape index (κ2) is 9.93. The highest BCUT2D eigenvalue weighted by molar-refractivity contribution is 9.10. The number of nitrogens with zero attached hydrogens (tertiary/aromatic N) is 3. The van der Waals surface area contributed by atoms with Crippen LogP contribution >= 0.6 is 15.9 Å². The van der Waals surface area contributed by atoms with Crippen molar-refractivity contribution >= 4 is 32.5 Å². The Hall–Kier alpha value is -3.63. The molecule has 1 saturated carbocycles. The van der Waals surface area contributed by atoms with E-state index in [1.165, 1.54) is 12.8 Å². The van der Waals surface area contributed by atoms with E-state index in [0.717, 1.165) is 62.4 Å². The summed E-state index contributed by atoms with van der Waals surface area (Å²) in [7, 11) is 3.32. The predicted molar refractivity (Wildman–Crippen MR) is 142 cm³/mol. The van der Waals surface area contributed by atoms with Crippen molar-refractivity contribution in [3.05, 3.63) is 64.8 Å². The number of nitrogens with one attached hydrogen (secondary N) is 1. The second-order valence-corrected chi connectivity index (χ2v) is 9.57. The van der Waals surface area contributed by atoms with Gasteiger partial charge in [0, 0.05) is 22.0 Å². The first-order valence-electron chi connectivity index (χ1n) is 11.6. The molecule has 1 aromatic heterocycles. The second-order valence-electron chi connectivity index (χ2n) is 8.66. The van der Waals surface area contributed by atoms with Crippen LogP contribution in [0, 0.1) is 17.2 Å². The predicted octanol–water partition coefficient (Wildman–Crippen LogP) is 6.83. The van der Waals surface area contributed by atoms with E-state index < -0.39 is 0 Å². The quantitative estimate of drug-likeness (QED) is 0.270. The van der Waals surface area contributed by atoms with E-state index in [2.05, 4.69) is 37.5 Å². The van der Waals surface area contributed by atoms with Gasteiger partial charge in [-0.15, -0.1) is 10.2 Å². The van der Waals surface area contributed by atoms with Gasteiger partial charge in [-0.2, -0.15) is 5.26 Å². The Morgan fingerprint density at radius 3 is 2.46 bits per heavy atom. The van der Waals surface area contributed by atoms with Gasteiger partial charge in [-0.25, -0.2) is 0 Å². The molecule has 1 fully saturated rings. The Balaban J connectivity index is 1.61. The smallest absolute Gasteiger partial charge is 0.186 e. The third kappa shape index (κ3) is 4.67. The van der Waals surface area contributed by atoms with Crippen LogP contribution in [0.15, 0.2) is 59.1 Å². The molecule has 0 radical (unpaired) electrons. The molecule has 0 unspecified atom stereocenters. The van der Waals surface area contributed by atoms with Gasteiger partial charge in [0.2, 0.25) is 0 Å². The van der Waals surface area contributed by atoms with Gasteiger partial charge in [0.15, 0.2) is 5.69 Å². The average molecular weight is 529 g/mol. The fourth-order valence-corrected chi connectivity index (χ4v) is 4.67. The first kappa shape index (κ1) is 23.1. The van der Waals surface area contributed by atoms with Crippen molar-refractivity contribution in [1.82, 2.24) is 10.2 Å². The van der Waals surface area contributed by atoms with Crippen LogP contribution in [0.2, 0.25) is 0 Å². The molecule has 7 heteroatoms. The van der Waals surface area contributed by atoms with Crippen molar-refractivity contribution in [3.63, 3.8) is 0 Å². The van der Waals surface area contributed by atoms with Gasteiger partial charge in [-0.05, 0) is 59.9 Å². The topological polar surface area (TPSA) is 80.1 Å². The van der Waals surface area contributed by atoms with Gasteiger partial charge in [0.25, 0.3) is 0 Å². The van der Waals surface area contributed by atoms with Gasteiger partial charge in [-0.3, -0.25) is 0 Å². The molecule has 0 aliphatic heterocycles. The Labute approximate surface area is 213 Å². The number of hydrogen-bond acceptors (Lipinski definition) is 6. The molecular formula is C28H25BrN4O2. The zero-order chi connectivity index (χ0) is 24.4. The fraction of sp³-hybridized carbons (Fsp3) is 0.250. The van der Waals surface area contributed by atoms with Crippen LogP contribution in [0.5, 0.6) is 11.5 Å². The lowest BCUT2D eigenvalue weighted by Crippen LogP contribution is -2.07. The van der Waals surface area contributed by atoms with Crippen LogP contribution in [-0.2, 0) is 0 Å². The van der Waals surface area contributed by atoms with E-state index in [4.69, 9.17) is 9.47 Å². The number of rotatable bonds is 8. The van der Waals surface area contributed by atoms with Crippen LogP contribution in [-0.4, -0.2) is 31.0 Å². The van der Waals surface area contributed by atoms with Crippen molar-refractivity contribution in [2.24, 2.45) is 5.92 Å². The number of anilines is 1. The summed E-state index contributed by atoms with van der Waals surface area (Å²) in [5.41, 5.74) is 5.49.